The Kier molecular flexibility index (Phi) is 3.77. The minimum atomic E-state index is 0.697. The van der Waals surface area contributed by atoms with E-state index in [2.05, 4.69) is 27.0 Å². The van der Waals surface area contributed by atoms with Crippen molar-refractivity contribution in [3.05, 3.63) is 24.3 Å². The number of rotatable bonds is 5. The van der Waals surface area contributed by atoms with Crippen LogP contribution >= 0.6 is 0 Å². The minimum Gasteiger partial charge on any atom is -0.0958 e. The van der Waals surface area contributed by atoms with Crippen molar-refractivity contribution in [1.82, 2.24) is 0 Å². The molecule has 1 rings (SSSR count). The monoisotopic (exact) mass is 178 g/mol. The van der Waals surface area contributed by atoms with Gasteiger partial charge in [0, 0.05) is 0 Å². The van der Waals surface area contributed by atoms with Crippen molar-refractivity contribution in [3.63, 3.8) is 0 Å². The average molecular weight is 178 g/mol. The fourth-order valence-electron chi connectivity index (χ4n) is 2.03. The van der Waals surface area contributed by atoms with Crippen molar-refractivity contribution in [1.29, 1.82) is 0 Å². The number of hydrogen-bond donors (Lipinski definition) is 0. The molecule has 0 aromatic carbocycles. The molecule has 0 radical (unpaired) electrons. The van der Waals surface area contributed by atoms with Crippen molar-refractivity contribution in [2.75, 3.05) is 0 Å². The molecule has 0 aliphatic heterocycles. The van der Waals surface area contributed by atoms with E-state index in [1.165, 1.54) is 43.3 Å². The van der Waals surface area contributed by atoms with Gasteiger partial charge in [0.05, 0.1) is 0 Å². The highest BCUT2D eigenvalue weighted by Gasteiger charge is 2.22. The van der Waals surface area contributed by atoms with Crippen molar-refractivity contribution in [3.8, 4) is 0 Å². The van der Waals surface area contributed by atoms with E-state index in [-0.39, 0.29) is 0 Å². The van der Waals surface area contributed by atoms with Gasteiger partial charge in [0.15, 0.2) is 0 Å². The SMILES string of the molecule is C=C(C)C(=C)C(CC)CC1CCC1. The Labute approximate surface area is 82.7 Å². The molecule has 1 saturated carbocycles. The lowest BCUT2D eigenvalue weighted by molar-refractivity contribution is 0.261. The predicted molar refractivity (Wildman–Crippen MR) is 59.7 cm³/mol. The van der Waals surface area contributed by atoms with Crippen molar-refractivity contribution in [2.45, 2.75) is 46.0 Å². The maximum atomic E-state index is 4.14. The van der Waals surface area contributed by atoms with Crippen LogP contribution in [0.15, 0.2) is 24.3 Å². The first kappa shape index (κ1) is 10.6. The van der Waals surface area contributed by atoms with E-state index in [1.54, 1.807) is 0 Å². The molecule has 0 bridgehead atoms. The molecule has 1 unspecified atom stereocenters. The molecular weight excluding hydrogens is 156 g/mol. The van der Waals surface area contributed by atoms with E-state index in [1.807, 2.05) is 0 Å². The third-order valence-corrected chi connectivity index (χ3v) is 3.38. The molecule has 13 heavy (non-hydrogen) atoms. The maximum absolute atomic E-state index is 4.14. The molecule has 1 atom stereocenters. The van der Waals surface area contributed by atoms with Crippen LogP contribution in [0.2, 0.25) is 0 Å². The summed E-state index contributed by atoms with van der Waals surface area (Å²) >= 11 is 0. The van der Waals surface area contributed by atoms with Gasteiger partial charge in [0.2, 0.25) is 0 Å². The summed E-state index contributed by atoms with van der Waals surface area (Å²) < 4.78 is 0. The van der Waals surface area contributed by atoms with Crippen LogP contribution in [0.25, 0.3) is 0 Å². The van der Waals surface area contributed by atoms with Crippen LogP contribution in [0, 0.1) is 11.8 Å². The van der Waals surface area contributed by atoms with E-state index in [0.29, 0.717) is 5.92 Å². The Morgan fingerprint density at radius 2 is 2.00 bits per heavy atom. The van der Waals surface area contributed by atoms with Crippen LogP contribution in [0.1, 0.15) is 46.0 Å². The third-order valence-electron chi connectivity index (χ3n) is 3.38. The highest BCUT2D eigenvalue weighted by molar-refractivity contribution is 5.25. The topological polar surface area (TPSA) is 0 Å². The van der Waals surface area contributed by atoms with E-state index in [9.17, 15) is 0 Å². The van der Waals surface area contributed by atoms with E-state index < -0.39 is 0 Å². The molecule has 1 aliphatic carbocycles. The van der Waals surface area contributed by atoms with Crippen LogP contribution in [0.5, 0.6) is 0 Å². The van der Waals surface area contributed by atoms with Gasteiger partial charge in [0.25, 0.3) is 0 Å². The molecule has 0 nitrogen and oxygen atoms in total. The standard InChI is InChI=1S/C13H22/c1-5-13(11(4)10(2)3)9-12-7-6-8-12/h12-13H,2,4-9H2,1,3H3. The summed E-state index contributed by atoms with van der Waals surface area (Å²) in [6, 6.07) is 0. The fourth-order valence-corrected chi connectivity index (χ4v) is 2.03. The highest BCUT2D eigenvalue weighted by atomic mass is 14.3. The lowest BCUT2D eigenvalue weighted by atomic mass is 9.76. The second kappa shape index (κ2) is 4.64. The van der Waals surface area contributed by atoms with Gasteiger partial charge in [-0.3, -0.25) is 0 Å². The average Bonchev–Trinajstić information content (AvgIpc) is 2.02. The van der Waals surface area contributed by atoms with E-state index in [4.69, 9.17) is 0 Å². The summed E-state index contributed by atoms with van der Waals surface area (Å²) in [4.78, 5) is 0. The maximum Gasteiger partial charge on any atom is -0.0165 e. The molecule has 0 aromatic heterocycles. The Balaban J connectivity index is 2.41. The molecule has 0 heterocycles. The van der Waals surface area contributed by atoms with Crippen molar-refractivity contribution < 1.29 is 0 Å². The molecule has 0 saturated heterocycles. The van der Waals surface area contributed by atoms with Crippen LogP contribution < -0.4 is 0 Å². The first-order valence-corrected chi connectivity index (χ1v) is 5.49. The van der Waals surface area contributed by atoms with Gasteiger partial charge in [-0.1, -0.05) is 44.9 Å². The van der Waals surface area contributed by atoms with Crippen LogP contribution in [-0.4, -0.2) is 0 Å². The summed E-state index contributed by atoms with van der Waals surface area (Å²) in [5.41, 5.74) is 2.46. The number of hydrogen-bond acceptors (Lipinski definition) is 0. The first-order chi connectivity index (χ1) is 6.15. The molecule has 0 heteroatoms. The molecule has 1 fully saturated rings. The van der Waals surface area contributed by atoms with Crippen LogP contribution in [-0.2, 0) is 0 Å². The molecule has 0 N–H and O–H groups in total. The van der Waals surface area contributed by atoms with Gasteiger partial charge in [-0.2, -0.15) is 0 Å². The number of allylic oxidation sites excluding steroid dienone is 2. The summed E-state index contributed by atoms with van der Waals surface area (Å²) in [6.07, 6.45) is 6.91. The summed E-state index contributed by atoms with van der Waals surface area (Å²) in [7, 11) is 0. The lowest BCUT2D eigenvalue weighted by Gasteiger charge is -2.30. The summed E-state index contributed by atoms with van der Waals surface area (Å²) in [5, 5.41) is 0. The normalized spacial score (nSPS) is 19.2. The molecule has 0 amide bonds. The zero-order valence-electron chi connectivity index (χ0n) is 9.10. The van der Waals surface area contributed by atoms with Crippen molar-refractivity contribution in [2.24, 2.45) is 11.8 Å². The van der Waals surface area contributed by atoms with Gasteiger partial charge in [-0.25, -0.2) is 0 Å². The minimum absolute atomic E-state index is 0.697. The predicted octanol–water partition coefficient (Wildman–Crippen LogP) is 4.34. The van der Waals surface area contributed by atoms with Gasteiger partial charge in [-0.15, -0.1) is 0 Å². The molecule has 0 spiro atoms. The van der Waals surface area contributed by atoms with Crippen LogP contribution in [0.3, 0.4) is 0 Å². The Hall–Kier alpha value is -0.520. The quantitative estimate of drug-likeness (QED) is 0.549. The van der Waals surface area contributed by atoms with Gasteiger partial charge >= 0.3 is 0 Å². The Morgan fingerprint density at radius 3 is 2.31 bits per heavy atom. The summed E-state index contributed by atoms with van der Waals surface area (Å²) in [5.74, 6) is 1.68. The van der Waals surface area contributed by atoms with E-state index in [0.717, 1.165) is 5.92 Å². The second-order valence-corrected chi connectivity index (χ2v) is 4.44. The van der Waals surface area contributed by atoms with Gasteiger partial charge in [0.1, 0.15) is 0 Å². The molecular formula is C13H22. The zero-order valence-corrected chi connectivity index (χ0v) is 9.10. The molecule has 1 aliphatic rings. The third kappa shape index (κ3) is 2.72. The second-order valence-electron chi connectivity index (χ2n) is 4.44. The highest BCUT2D eigenvalue weighted by Crippen LogP contribution is 2.36. The Bertz CT molecular complexity index is 196. The van der Waals surface area contributed by atoms with Crippen LogP contribution in [0.4, 0.5) is 0 Å². The van der Waals surface area contributed by atoms with Gasteiger partial charge in [-0.05, 0) is 37.2 Å². The Morgan fingerprint density at radius 1 is 1.38 bits per heavy atom. The summed E-state index contributed by atoms with van der Waals surface area (Å²) in [6.45, 7) is 12.4. The molecule has 0 aromatic rings. The molecule has 74 valence electrons. The van der Waals surface area contributed by atoms with Gasteiger partial charge < -0.3 is 0 Å². The zero-order chi connectivity index (χ0) is 9.84. The fraction of sp³-hybridized carbons (Fsp3) is 0.692. The smallest absolute Gasteiger partial charge is 0.0165 e. The lowest BCUT2D eigenvalue weighted by Crippen LogP contribution is -2.16. The van der Waals surface area contributed by atoms with E-state index >= 15 is 0 Å². The largest absolute Gasteiger partial charge is 0.0958 e. The van der Waals surface area contributed by atoms with Crippen molar-refractivity contribution >= 4 is 0 Å². The first-order valence-electron chi connectivity index (χ1n) is 5.49.